The molecule has 0 saturated heterocycles. The molecule has 0 bridgehead atoms. The van der Waals surface area contributed by atoms with Gasteiger partial charge in [-0.15, -0.1) is 0 Å². The highest BCUT2D eigenvalue weighted by molar-refractivity contribution is 5.34. The topological polar surface area (TPSA) is 29.5 Å². The van der Waals surface area contributed by atoms with Crippen molar-refractivity contribution in [1.82, 2.24) is 0 Å². The zero-order valence-corrected chi connectivity index (χ0v) is 11.3. The third-order valence-electron chi connectivity index (χ3n) is 4.33. The molecular formula is C15H21FO2. The molecule has 1 aromatic rings. The largest absolute Gasteiger partial charge is 0.497 e. The minimum atomic E-state index is -1.08. The molecule has 2 nitrogen and oxygen atoms in total. The summed E-state index contributed by atoms with van der Waals surface area (Å²) in [4.78, 5) is 0. The van der Waals surface area contributed by atoms with E-state index in [2.05, 4.69) is 0 Å². The Balaban J connectivity index is 2.46. The van der Waals surface area contributed by atoms with Crippen LogP contribution in [0.2, 0.25) is 0 Å². The van der Waals surface area contributed by atoms with Crippen LogP contribution < -0.4 is 4.74 Å². The Labute approximate surface area is 108 Å². The summed E-state index contributed by atoms with van der Waals surface area (Å²) in [6.45, 7) is 4.02. The van der Waals surface area contributed by atoms with E-state index >= 15 is 0 Å². The molecular weight excluding hydrogens is 231 g/mol. The maximum absolute atomic E-state index is 14.2. The molecule has 1 unspecified atom stereocenters. The van der Waals surface area contributed by atoms with Crippen LogP contribution in [0, 0.1) is 11.2 Å². The fraction of sp³-hybridized carbons (Fsp3) is 0.600. The van der Waals surface area contributed by atoms with Gasteiger partial charge in [-0.3, -0.25) is 0 Å². The molecule has 1 fully saturated rings. The van der Waals surface area contributed by atoms with E-state index in [-0.39, 0.29) is 11.2 Å². The van der Waals surface area contributed by atoms with E-state index in [0.717, 1.165) is 19.3 Å². The quantitative estimate of drug-likeness (QED) is 0.871. The van der Waals surface area contributed by atoms with E-state index in [9.17, 15) is 9.50 Å². The van der Waals surface area contributed by atoms with Crippen molar-refractivity contribution in [3.63, 3.8) is 0 Å². The van der Waals surface area contributed by atoms with E-state index < -0.39 is 5.60 Å². The number of benzene rings is 1. The summed E-state index contributed by atoms with van der Waals surface area (Å²) in [6, 6.07) is 4.71. The van der Waals surface area contributed by atoms with Gasteiger partial charge in [0.05, 0.1) is 12.7 Å². The molecule has 1 atom stereocenters. The monoisotopic (exact) mass is 252 g/mol. The van der Waals surface area contributed by atoms with Crippen LogP contribution in [-0.4, -0.2) is 12.2 Å². The number of halogens is 1. The molecule has 1 saturated carbocycles. The number of methoxy groups -OCH3 is 1. The average molecular weight is 252 g/mol. The summed E-state index contributed by atoms with van der Waals surface area (Å²) < 4.78 is 19.2. The lowest BCUT2D eigenvalue weighted by atomic mass is 9.62. The van der Waals surface area contributed by atoms with Crippen LogP contribution in [0.15, 0.2) is 18.2 Å². The molecule has 0 spiro atoms. The van der Waals surface area contributed by atoms with Crippen molar-refractivity contribution >= 4 is 0 Å². The lowest BCUT2D eigenvalue weighted by Crippen LogP contribution is -2.45. The standard InChI is InChI=1S/C15H21FO2/c1-14(2)8-4-5-9-15(14,17)12-7-6-11(18-3)10-13(12)16/h6-7,10,17H,4-5,8-9H2,1-3H3. The highest BCUT2D eigenvalue weighted by Crippen LogP contribution is 2.50. The van der Waals surface area contributed by atoms with Gasteiger partial charge in [0.1, 0.15) is 11.6 Å². The smallest absolute Gasteiger partial charge is 0.132 e. The summed E-state index contributed by atoms with van der Waals surface area (Å²) in [5, 5.41) is 10.9. The van der Waals surface area contributed by atoms with E-state index in [1.165, 1.54) is 13.2 Å². The van der Waals surface area contributed by atoms with Gasteiger partial charge in [0.25, 0.3) is 0 Å². The van der Waals surface area contributed by atoms with Crippen molar-refractivity contribution < 1.29 is 14.2 Å². The first-order valence-electron chi connectivity index (χ1n) is 6.47. The van der Waals surface area contributed by atoms with Crippen molar-refractivity contribution in [2.75, 3.05) is 7.11 Å². The zero-order valence-electron chi connectivity index (χ0n) is 11.3. The van der Waals surface area contributed by atoms with E-state index in [1.807, 2.05) is 13.8 Å². The van der Waals surface area contributed by atoms with Crippen LogP contribution in [0.3, 0.4) is 0 Å². The molecule has 18 heavy (non-hydrogen) atoms. The molecule has 100 valence electrons. The van der Waals surface area contributed by atoms with Crippen LogP contribution in [0.1, 0.15) is 45.1 Å². The van der Waals surface area contributed by atoms with Gasteiger partial charge in [-0.2, -0.15) is 0 Å². The molecule has 1 aliphatic carbocycles. The summed E-state index contributed by atoms with van der Waals surface area (Å²) >= 11 is 0. The van der Waals surface area contributed by atoms with Gasteiger partial charge in [-0.1, -0.05) is 26.7 Å². The number of aliphatic hydroxyl groups is 1. The first kappa shape index (κ1) is 13.3. The minimum absolute atomic E-state index is 0.305. The normalized spacial score (nSPS) is 26.9. The molecule has 1 aromatic carbocycles. The molecule has 1 N–H and O–H groups in total. The SMILES string of the molecule is COc1ccc(C2(O)CCCCC2(C)C)c(F)c1. The molecule has 1 aliphatic rings. The lowest BCUT2D eigenvalue weighted by Gasteiger charge is -2.47. The number of hydrogen-bond acceptors (Lipinski definition) is 2. The van der Waals surface area contributed by atoms with Gasteiger partial charge in [0, 0.05) is 11.6 Å². The van der Waals surface area contributed by atoms with Crippen LogP contribution in [0.5, 0.6) is 5.75 Å². The summed E-state index contributed by atoms with van der Waals surface area (Å²) in [5.74, 6) is 0.0975. The summed E-state index contributed by atoms with van der Waals surface area (Å²) in [6.07, 6.45) is 3.55. The Morgan fingerprint density at radius 2 is 1.89 bits per heavy atom. The fourth-order valence-electron chi connectivity index (χ4n) is 2.95. The number of ether oxygens (including phenoxy) is 1. The first-order chi connectivity index (χ1) is 8.40. The predicted molar refractivity (Wildman–Crippen MR) is 69.1 cm³/mol. The number of hydrogen-bond donors (Lipinski definition) is 1. The molecule has 0 amide bonds. The van der Waals surface area contributed by atoms with Crippen LogP contribution in [0.25, 0.3) is 0 Å². The molecule has 0 radical (unpaired) electrons. The second kappa shape index (κ2) is 4.54. The van der Waals surface area contributed by atoms with Crippen LogP contribution in [-0.2, 0) is 5.60 Å². The second-order valence-electron chi connectivity index (χ2n) is 5.80. The van der Waals surface area contributed by atoms with Crippen LogP contribution in [0.4, 0.5) is 4.39 Å². The maximum atomic E-state index is 14.2. The fourth-order valence-corrected chi connectivity index (χ4v) is 2.95. The second-order valence-corrected chi connectivity index (χ2v) is 5.80. The van der Waals surface area contributed by atoms with Gasteiger partial charge >= 0.3 is 0 Å². The Morgan fingerprint density at radius 3 is 2.44 bits per heavy atom. The Morgan fingerprint density at radius 1 is 1.22 bits per heavy atom. The van der Waals surface area contributed by atoms with Gasteiger partial charge in [-0.25, -0.2) is 4.39 Å². The Hall–Kier alpha value is -1.09. The van der Waals surface area contributed by atoms with E-state index in [0.29, 0.717) is 17.7 Å². The summed E-state index contributed by atoms with van der Waals surface area (Å²) in [7, 11) is 1.51. The Kier molecular flexibility index (Phi) is 3.37. The Bertz CT molecular complexity index is 442. The molecule has 3 heteroatoms. The summed E-state index contributed by atoms with van der Waals surface area (Å²) in [5.41, 5.74) is -0.990. The van der Waals surface area contributed by atoms with Crippen LogP contribution >= 0.6 is 0 Å². The van der Waals surface area contributed by atoms with Gasteiger partial charge in [-0.05, 0) is 30.4 Å². The maximum Gasteiger partial charge on any atom is 0.132 e. The van der Waals surface area contributed by atoms with Gasteiger partial charge in [0.15, 0.2) is 0 Å². The van der Waals surface area contributed by atoms with Crippen molar-refractivity contribution in [3.8, 4) is 5.75 Å². The minimum Gasteiger partial charge on any atom is -0.497 e. The molecule has 0 aliphatic heterocycles. The van der Waals surface area contributed by atoms with Crippen molar-refractivity contribution in [2.45, 2.75) is 45.1 Å². The van der Waals surface area contributed by atoms with E-state index in [1.54, 1.807) is 12.1 Å². The highest BCUT2D eigenvalue weighted by Gasteiger charge is 2.47. The molecule has 0 heterocycles. The first-order valence-corrected chi connectivity index (χ1v) is 6.47. The van der Waals surface area contributed by atoms with Crippen molar-refractivity contribution in [1.29, 1.82) is 0 Å². The van der Waals surface area contributed by atoms with Gasteiger partial charge < -0.3 is 9.84 Å². The van der Waals surface area contributed by atoms with Crippen molar-refractivity contribution in [3.05, 3.63) is 29.6 Å². The third kappa shape index (κ3) is 2.01. The van der Waals surface area contributed by atoms with Crippen molar-refractivity contribution in [2.24, 2.45) is 5.41 Å². The lowest BCUT2D eigenvalue weighted by molar-refractivity contribution is -0.106. The average Bonchev–Trinajstić information content (AvgIpc) is 2.32. The highest BCUT2D eigenvalue weighted by atomic mass is 19.1. The third-order valence-corrected chi connectivity index (χ3v) is 4.33. The molecule has 0 aromatic heterocycles. The van der Waals surface area contributed by atoms with Gasteiger partial charge in [0.2, 0.25) is 0 Å². The van der Waals surface area contributed by atoms with E-state index in [4.69, 9.17) is 4.74 Å². The molecule has 2 rings (SSSR count). The zero-order chi connectivity index (χ0) is 13.4. The number of rotatable bonds is 2. The predicted octanol–water partition coefficient (Wildman–Crippen LogP) is 3.62.